The van der Waals surface area contributed by atoms with Gasteiger partial charge in [0.15, 0.2) is 11.0 Å². The molecule has 194 valence electrons. The first kappa shape index (κ1) is 25.6. The number of sulfonamides is 1. The van der Waals surface area contributed by atoms with E-state index < -0.39 is 10.0 Å². The maximum absolute atomic E-state index is 11.4. The van der Waals surface area contributed by atoms with Crippen LogP contribution in [0.15, 0.2) is 42.9 Å². The number of fused-ring (bicyclic) bond motifs is 1. The molecule has 1 aliphatic rings. The molecule has 5 rings (SSSR count). The molecule has 0 aliphatic heterocycles. The van der Waals surface area contributed by atoms with Crippen LogP contribution in [0.1, 0.15) is 49.7 Å². The van der Waals surface area contributed by atoms with Gasteiger partial charge in [0.1, 0.15) is 11.6 Å². The van der Waals surface area contributed by atoms with E-state index in [2.05, 4.69) is 57.2 Å². The van der Waals surface area contributed by atoms with Crippen molar-refractivity contribution in [3.63, 3.8) is 0 Å². The lowest BCUT2D eigenvalue weighted by Gasteiger charge is -2.36. The normalized spacial score (nSPS) is 17.8. The van der Waals surface area contributed by atoms with Gasteiger partial charge in [-0.1, -0.05) is 37.6 Å². The molecule has 1 saturated carbocycles. The van der Waals surface area contributed by atoms with Gasteiger partial charge >= 0.3 is 0 Å². The van der Waals surface area contributed by atoms with Gasteiger partial charge in [-0.3, -0.25) is 4.68 Å². The van der Waals surface area contributed by atoms with Gasteiger partial charge < -0.3 is 5.32 Å². The van der Waals surface area contributed by atoms with Crippen molar-refractivity contribution in [2.45, 2.75) is 38.5 Å². The Kier molecular flexibility index (Phi) is 6.91. The van der Waals surface area contributed by atoms with Crippen LogP contribution in [0.25, 0.3) is 22.2 Å². The number of aryl methyl sites for hydroxylation is 1. The lowest BCUT2D eigenvalue weighted by atomic mass is 9.70. The molecule has 0 bridgehead atoms. The first-order valence-electron chi connectivity index (χ1n) is 12.2. The van der Waals surface area contributed by atoms with E-state index in [1.54, 1.807) is 30.2 Å². The smallest absolute Gasteiger partial charge is 0.208 e. The molecule has 3 heterocycles. The van der Waals surface area contributed by atoms with E-state index in [4.69, 9.17) is 16.6 Å². The summed E-state index contributed by atoms with van der Waals surface area (Å²) in [5, 5.41) is 10.1. The average molecular weight is 540 g/mol. The van der Waals surface area contributed by atoms with Crippen LogP contribution >= 0.6 is 11.6 Å². The molecule has 0 spiro atoms. The molecule has 3 aromatic heterocycles. The van der Waals surface area contributed by atoms with Crippen LogP contribution in [0.4, 0.5) is 11.6 Å². The molecule has 1 fully saturated rings. The van der Waals surface area contributed by atoms with Gasteiger partial charge in [0, 0.05) is 37.6 Å². The van der Waals surface area contributed by atoms with E-state index in [1.807, 2.05) is 6.20 Å². The summed E-state index contributed by atoms with van der Waals surface area (Å²) in [6.07, 6.45) is 8.52. The lowest BCUT2D eigenvalue weighted by molar-refractivity contribution is 0.267. The Morgan fingerprint density at radius 2 is 1.92 bits per heavy atom. The minimum absolute atomic E-state index is 0.346. The molecular weight excluding hydrogens is 510 g/mol. The highest BCUT2D eigenvalue weighted by Gasteiger charge is 2.32. The number of rotatable bonds is 8. The van der Waals surface area contributed by atoms with Crippen molar-refractivity contribution in [3.8, 4) is 11.4 Å². The Balaban J connectivity index is 1.41. The second kappa shape index (κ2) is 10.00. The van der Waals surface area contributed by atoms with Gasteiger partial charge in [-0.15, -0.1) is 0 Å². The van der Waals surface area contributed by atoms with Crippen molar-refractivity contribution >= 4 is 44.0 Å². The second-order valence-corrected chi connectivity index (χ2v) is 12.3. The standard InChI is InChI=1S/C26H30ClN7O2S/c1-15(2)18-5-6-19(17-9-16(10-17)12-30-37(4,35)36)21-13-29-24(11-20(18)21)31-23-7-8-28-26(32-23)22-14-34(3)33-25(22)27/h5-8,11,13-17,30H,9-10,12H2,1-4H3,(H,28,29,31,32). The quantitative estimate of drug-likeness (QED) is 0.324. The minimum Gasteiger partial charge on any atom is -0.325 e. The number of anilines is 2. The van der Waals surface area contributed by atoms with Gasteiger partial charge in [-0.25, -0.2) is 28.1 Å². The molecule has 2 N–H and O–H groups in total. The zero-order valence-corrected chi connectivity index (χ0v) is 22.8. The predicted molar refractivity (Wildman–Crippen MR) is 147 cm³/mol. The maximum atomic E-state index is 11.4. The molecule has 0 atom stereocenters. The third kappa shape index (κ3) is 5.61. The molecule has 4 aromatic rings. The molecule has 0 amide bonds. The summed E-state index contributed by atoms with van der Waals surface area (Å²) >= 11 is 6.23. The van der Waals surface area contributed by atoms with Crippen molar-refractivity contribution in [2.75, 3.05) is 18.1 Å². The SMILES string of the molecule is CC(C)c1ccc(C2CC(CNS(C)(=O)=O)C2)c2cnc(Nc3ccnc(-c4cn(C)nc4Cl)n3)cc12. The van der Waals surface area contributed by atoms with Crippen molar-refractivity contribution in [2.24, 2.45) is 13.0 Å². The summed E-state index contributed by atoms with van der Waals surface area (Å²) in [7, 11) is -1.37. The fourth-order valence-corrected chi connectivity index (χ4v) is 5.73. The predicted octanol–water partition coefficient (Wildman–Crippen LogP) is 4.99. The maximum Gasteiger partial charge on any atom is 0.208 e. The van der Waals surface area contributed by atoms with Crippen LogP contribution in [0.5, 0.6) is 0 Å². The topological polar surface area (TPSA) is 115 Å². The Hall–Kier alpha value is -3.08. The van der Waals surface area contributed by atoms with E-state index in [9.17, 15) is 8.42 Å². The minimum atomic E-state index is -3.16. The summed E-state index contributed by atoms with van der Waals surface area (Å²) in [5.41, 5.74) is 3.19. The number of aromatic nitrogens is 5. The Bertz CT molecular complexity index is 1560. The first-order valence-corrected chi connectivity index (χ1v) is 14.5. The van der Waals surface area contributed by atoms with E-state index in [0.717, 1.165) is 23.6 Å². The summed E-state index contributed by atoms with van der Waals surface area (Å²) in [6.45, 7) is 4.87. The molecule has 0 radical (unpaired) electrons. The van der Waals surface area contributed by atoms with Crippen LogP contribution in [-0.4, -0.2) is 46.0 Å². The molecular formula is C26H30ClN7O2S. The Labute approximate surface area is 221 Å². The zero-order chi connectivity index (χ0) is 26.3. The monoisotopic (exact) mass is 539 g/mol. The van der Waals surface area contributed by atoms with Gasteiger partial charge in [0.2, 0.25) is 10.0 Å². The summed E-state index contributed by atoms with van der Waals surface area (Å²) in [6, 6.07) is 8.29. The van der Waals surface area contributed by atoms with Crippen LogP contribution < -0.4 is 10.0 Å². The summed E-state index contributed by atoms with van der Waals surface area (Å²) < 4.78 is 27.1. The number of nitrogens with zero attached hydrogens (tertiary/aromatic N) is 5. The van der Waals surface area contributed by atoms with Gasteiger partial charge in [0.05, 0.1) is 11.8 Å². The molecule has 0 unspecified atom stereocenters. The fraction of sp³-hybridized carbons (Fsp3) is 0.385. The number of pyridine rings is 1. The molecule has 11 heteroatoms. The van der Waals surface area contributed by atoms with Gasteiger partial charge in [0.25, 0.3) is 0 Å². The van der Waals surface area contributed by atoms with E-state index in [1.165, 1.54) is 17.4 Å². The fourth-order valence-electron chi connectivity index (χ4n) is 4.94. The van der Waals surface area contributed by atoms with Gasteiger partial charge in [-0.2, -0.15) is 5.10 Å². The number of nitrogens with one attached hydrogen (secondary N) is 2. The lowest BCUT2D eigenvalue weighted by Crippen LogP contribution is -2.34. The van der Waals surface area contributed by atoms with Crippen molar-refractivity contribution in [1.82, 2.24) is 29.5 Å². The molecule has 0 saturated heterocycles. The average Bonchev–Trinajstić information content (AvgIpc) is 3.15. The summed E-state index contributed by atoms with van der Waals surface area (Å²) in [5.74, 6) is 2.88. The number of hydrogen-bond acceptors (Lipinski definition) is 7. The third-order valence-corrected chi connectivity index (χ3v) is 7.81. The van der Waals surface area contributed by atoms with E-state index in [-0.39, 0.29) is 0 Å². The Morgan fingerprint density at radius 1 is 1.14 bits per heavy atom. The number of benzene rings is 1. The molecule has 1 aromatic carbocycles. The largest absolute Gasteiger partial charge is 0.325 e. The van der Waals surface area contributed by atoms with Crippen molar-refractivity contribution in [3.05, 3.63) is 59.1 Å². The number of hydrogen-bond donors (Lipinski definition) is 2. The van der Waals surface area contributed by atoms with Crippen LogP contribution in [-0.2, 0) is 17.1 Å². The van der Waals surface area contributed by atoms with E-state index >= 15 is 0 Å². The molecule has 37 heavy (non-hydrogen) atoms. The summed E-state index contributed by atoms with van der Waals surface area (Å²) in [4.78, 5) is 13.7. The van der Waals surface area contributed by atoms with Crippen molar-refractivity contribution < 1.29 is 8.42 Å². The highest BCUT2D eigenvalue weighted by molar-refractivity contribution is 7.88. The molecule has 9 nitrogen and oxygen atoms in total. The third-order valence-electron chi connectivity index (χ3n) is 6.84. The van der Waals surface area contributed by atoms with Crippen LogP contribution in [0, 0.1) is 5.92 Å². The van der Waals surface area contributed by atoms with Crippen LogP contribution in [0.2, 0.25) is 5.15 Å². The number of halogens is 1. The Morgan fingerprint density at radius 3 is 2.59 bits per heavy atom. The molecule has 1 aliphatic carbocycles. The zero-order valence-electron chi connectivity index (χ0n) is 21.2. The second-order valence-electron chi connectivity index (χ2n) is 10.1. The first-order chi connectivity index (χ1) is 17.6. The van der Waals surface area contributed by atoms with Gasteiger partial charge in [-0.05, 0) is 59.2 Å². The highest BCUT2D eigenvalue weighted by atomic mass is 35.5. The highest BCUT2D eigenvalue weighted by Crippen LogP contribution is 2.45. The van der Waals surface area contributed by atoms with E-state index in [0.29, 0.717) is 52.5 Å². The van der Waals surface area contributed by atoms with Crippen molar-refractivity contribution in [1.29, 1.82) is 0 Å². The van der Waals surface area contributed by atoms with Crippen LogP contribution in [0.3, 0.4) is 0 Å².